The van der Waals surface area contributed by atoms with E-state index >= 15 is 0 Å². The van der Waals surface area contributed by atoms with E-state index in [2.05, 4.69) is 27.6 Å². The Morgan fingerprint density at radius 1 is 1.12 bits per heavy atom. The maximum atomic E-state index is 12.5. The van der Waals surface area contributed by atoms with Crippen LogP contribution in [0, 0.1) is 3.57 Å². The second-order valence-corrected chi connectivity index (χ2v) is 5.91. The number of nitrogens with one attached hydrogen (secondary N) is 1. The third kappa shape index (κ3) is 2.01. The summed E-state index contributed by atoms with van der Waals surface area (Å²) in [5, 5.41) is 0.845. The van der Waals surface area contributed by atoms with Crippen molar-refractivity contribution in [1.29, 1.82) is 0 Å². The predicted molar refractivity (Wildman–Crippen MR) is 78.5 cm³/mol. The molecule has 0 radical (unpaired) electrons. The summed E-state index contributed by atoms with van der Waals surface area (Å²) in [7, 11) is 0. The van der Waals surface area contributed by atoms with Crippen molar-refractivity contribution >= 4 is 33.5 Å². The lowest BCUT2D eigenvalue weighted by Crippen LogP contribution is -2.14. The summed E-state index contributed by atoms with van der Waals surface area (Å²) in [6.07, 6.45) is 5.53. The topological polar surface area (TPSA) is 32.9 Å². The van der Waals surface area contributed by atoms with Gasteiger partial charge >= 0.3 is 0 Å². The number of pyridine rings is 1. The first kappa shape index (κ1) is 11.3. The fourth-order valence-electron chi connectivity index (χ4n) is 2.61. The highest BCUT2D eigenvalue weighted by Crippen LogP contribution is 2.20. The highest BCUT2D eigenvalue weighted by molar-refractivity contribution is 14.1. The molecular weight excluding hydrogens is 325 g/mol. The Morgan fingerprint density at radius 3 is 2.82 bits per heavy atom. The van der Waals surface area contributed by atoms with Crippen molar-refractivity contribution in [2.45, 2.75) is 32.1 Å². The van der Waals surface area contributed by atoms with Crippen LogP contribution in [0.25, 0.3) is 10.9 Å². The van der Waals surface area contributed by atoms with Crippen LogP contribution < -0.4 is 5.43 Å². The van der Waals surface area contributed by atoms with E-state index in [1.165, 1.54) is 18.5 Å². The number of fused-ring (bicyclic) bond motifs is 2. The molecule has 0 bridgehead atoms. The molecule has 0 atom stereocenters. The molecule has 3 rings (SSSR count). The van der Waals surface area contributed by atoms with Crippen LogP contribution in [0.1, 0.15) is 30.5 Å². The van der Waals surface area contributed by atoms with E-state index in [0.29, 0.717) is 0 Å². The second kappa shape index (κ2) is 4.44. The molecule has 88 valence electrons. The molecule has 0 amide bonds. The Bertz CT molecular complexity index is 630. The number of aromatic amines is 1. The van der Waals surface area contributed by atoms with Crippen LogP contribution in [0.3, 0.4) is 0 Å². The standard InChI is InChI=1S/C14H14INO/c15-9-6-7-13-11(8-9)14(17)10-4-2-1-3-5-12(10)16-13/h6-8H,1-5H2,(H,16,17). The van der Waals surface area contributed by atoms with E-state index in [1.807, 2.05) is 18.2 Å². The van der Waals surface area contributed by atoms with Gasteiger partial charge in [-0.3, -0.25) is 4.79 Å². The Morgan fingerprint density at radius 2 is 1.94 bits per heavy atom. The van der Waals surface area contributed by atoms with Gasteiger partial charge in [0.2, 0.25) is 0 Å². The van der Waals surface area contributed by atoms with Gasteiger partial charge in [-0.2, -0.15) is 0 Å². The zero-order valence-corrected chi connectivity index (χ0v) is 11.7. The van der Waals surface area contributed by atoms with Crippen LogP contribution in [0.2, 0.25) is 0 Å². The monoisotopic (exact) mass is 339 g/mol. The smallest absolute Gasteiger partial charge is 0.192 e. The molecule has 0 aliphatic heterocycles. The number of aryl methyl sites for hydroxylation is 1. The van der Waals surface area contributed by atoms with Gasteiger partial charge < -0.3 is 4.98 Å². The summed E-state index contributed by atoms with van der Waals surface area (Å²) in [5.74, 6) is 0. The molecule has 0 saturated carbocycles. The summed E-state index contributed by atoms with van der Waals surface area (Å²) < 4.78 is 1.12. The summed E-state index contributed by atoms with van der Waals surface area (Å²) >= 11 is 2.26. The van der Waals surface area contributed by atoms with Crippen molar-refractivity contribution in [3.63, 3.8) is 0 Å². The van der Waals surface area contributed by atoms with Gasteiger partial charge in [-0.1, -0.05) is 6.42 Å². The molecule has 0 spiro atoms. The van der Waals surface area contributed by atoms with Gasteiger partial charge in [0.05, 0.1) is 0 Å². The number of halogens is 1. The number of H-pyrrole nitrogens is 1. The van der Waals surface area contributed by atoms with Crippen LogP contribution in [-0.2, 0) is 12.8 Å². The molecule has 17 heavy (non-hydrogen) atoms. The van der Waals surface area contributed by atoms with E-state index in [-0.39, 0.29) is 5.43 Å². The van der Waals surface area contributed by atoms with Gasteiger partial charge in [-0.05, 0) is 66.5 Å². The highest BCUT2D eigenvalue weighted by atomic mass is 127. The SMILES string of the molecule is O=c1c2c([nH]c3ccc(I)cc13)CCCCC2. The van der Waals surface area contributed by atoms with Gasteiger partial charge in [-0.15, -0.1) is 0 Å². The van der Waals surface area contributed by atoms with Crippen LogP contribution in [-0.4, -0.2) is 4.98 Å². The molecule has 1 aliphatic carbocycles. The number of rotatable bonds is 0. The van der Waals surface area contributed by atoms with E-state index in [4.69, 9.17) is 0 Å². The van der Waals surface area contributed by atoms with Crippen molar-refractivity contribution in [3.8, 4) is 0 Å². The molecular formula is C14H14INO. The lowest BCUT2D eigenvalue weighted by Gasteiger charge is -2.08. The quantitative estimate of drug-likeness (QED) is 0.579. The zero-order valence-electron chi connectivity index (χ0n) is 9.55. The number of hydrogen-bond donors (Lipinski definition) is 1. The van der Waals surface area contributed by atoms with Gasteiger partial charge in [0.25, 0.3) is 0 Å². The Labute approximate surface area is 114 Å². The molecule has 0 unspecified atom stereocenters. The van der Waals surface area contributed by atoms with Crippen molar-refractivity contribution in [2.24, 2.45) is 0 Å². The first-order valence-corrected chi connectivity index (χ1v) is 7.17. The number of hydrogen-bond acceptors (Lipinski definition) is 1. The molecule has 2 aromatic rings. The average Bonchev–Trinajstić information content (AvgIpc) is 2.56. The molecule has 1 aromatic carbocycles. The lowest BCUT2D eigenvalue weighted by atomic mass is 10.0. The van der Waals surface area contributed by atoms with Crippen molar-refractivity contribution in [1.82, 2.24) is 4.98 Å². The van der Waals surface area contributed by atoms with Gasteiger partial charge in [0.1, 0.15) is 0 Å². The van der Waals surface area contributed by atoms with Gasteiger partial charge in [0.15, 0.2) is 5.43 Å². The van der Waals surface area contributed by atoms with Crippen LogP contribution in [0.15, 0.2) is 23.0 Å². The number of aromatic nitrogens is 1. The number of benzene rings is 1. The molecule has 0 fully saturated rings. The van der Waals surface area contributed by atoms with Crippen LogP contribution in [0.5, 0.6) is 0 Å². The van der Waals surface area contributed by atoms with Crippen molar-refractivity contribution in [2.75, 3.05) is 0 Å². The normalized spacial score (nSPS) is 15.6. The minimum atomic E-state index is 0.245. The van der Waals surface area contributed by atoms with Crippen LogP contribution in [0.4, 0.5) is 0 Å². The van der Waals surface area contributed by atoms with Gasteiger partial charge in [-0.25, -0.2) is 0 Å². The van der Waals surface area contributed by atoms with E-state index in [1.54, 1.807) is 0 Å². The minimum Gasteiger partial charge on any atom is -0.358 e. The zero-order chi connectivity index (χ0) is 11.8. The Hall–Kier alpha value is -0.840. The molecule has 1 aliphatic rings. The minimum absolute atomic E-state index is 0.245. The maximum Gasteiger partial charge on any atom is 0.192 e. The van der Waals surface area contributed by atoms with Crippen LogP contribution >= 0.6 is 22.6 Å². The Balaban J connectivity index is 2.33. The molecule has 1 aromatic heterocycles. The molecule has 2 nitrogen and oxygen atoms in total. The highest BCUT2D eigenvalue weighted by Gasteiger charge is 2.14. The predicted octanol–water partition coefficient (Wildman–Crippen LogP) is 3.40. The molecule has 1 N–H and O–H groups in total. The first-order valence-electron chi connectivity index (χ1n) is 6.09. The second-order valence-electron chi connectivity index (χ2n) is 4.66. The fraction of sp³-hybridized carbons (Fsp3) is 0.357. The first-order chi connectivity index (χ1) is 8.25. The summed E-state index contributed by atoms with van der Waals surface area (Å²) in [6.45, 7) is 0. The van der Waals surface area contributed by atoms with Crippen molar-refractivity contribution in [3.05, 3.63) is 43.2 Å². The largest absolute Gasteiger partial charge is 0.358 e. The maximum absolute atomic E-state index is 12.5. The fourth-order valence-corrected chi connectivity index (χ4v) is 3.10. The van der Waals surface area contributed by atoms with E-state index in [0.717, 1.165) is 39.3 Å². The van der Waals surface area contributed by atoms with E-state index < -0.39 is 0 Å². The average molecular weight is 339 g/mol. The lowest BCUT2D eigenvalue weighted by molar-refractivity contribution is 0.708. The van der Waals surface area contributed by atoms with E-state index in [9.17, 15) is 4.79 Å². The molecule has 1 heterocycles. The summed E-state index contributed by atoms with van der Waals surface area (Å²) in [6, 6.07) is 6.05. The third-order valence-corrected chi connectivity index (χ3v) is 4.17. The summed E-state index contributed by atoms with van der Waals surface area (Å²) in [5.41, 5.74) is 3.42. The molecule has 0 saturated heterocycles. The molecule has 3 heteroatoms. The summed E-state index contributed by atoms with van der Waals surface area (Å²) in [4.78, 5) is 15.9. The van der Waals surface area contributed by atoms with Gasteiger partial charge in [0, 0.05) is 25.7 Å². The Kier molecular flexibility index (Phi) is 2.94. The van der Waals surface area contributed by atoms with Crippen molar-refractivity contribution < 1.29 is 0 Å². The third-order valence-electron chi connectivity index (χ3n) is 3.50.